The molecule has 2 aliphatic heterocycles. The van der Waals surface area contributed by atoms with Crippen molar-refractivity contribution < 1.29 is 0 Å². The Hall–Kier alpha value is -0.0800. The number of hydrogen-bond acceptors (Lipinski definition) is 2. The van der Waals surface area contributed by atoms with Gasteiger partial charge in [0.2, 0.25) is 0 Å². The number of hydrogen-bond donors (Lipinski definition) is 0. The summed E-state index contributed by atoms with van der Waals surface area (Å²) in [6.45, 7) is 10.1. The normalized spacial score (nSPS) is 48.0. The lowest BCUT2D eigenvalue weighted by atomic mass is 9.64. The van der Waals surface area contributed by atoms with Gasteiger partial charge >= 0.3 is 0 Å². The molecule has 2 heterocycles. The fourth-order valence-corrected chi connectivity index (χ4v) is 3.36. The lowest BCUT2D eigenvalue weighted by Crippen LogP contribution is -2.51. The molecule has 0 aliphatic carbocycles. The SMILES string of the molecule is CN1CC[C@@]2(C)CN(C)C[C@@]2(C)C1. The Bertz CT molecular complexity index is 216. The van der Waals surface area contributed by atoms with Gasteiger partial charge in [0.05, 0.1) is 0 Å². The van der Waals surface area contributed by atoms with Gasteiger partial charge in [0, 0.05) is 19.6 Å². The Morgan fingerprint density at radius 1 is 0.846 bits per heavy atom. The summed E-state index contributed by atoms with van der Waals surface area (Å²) < 4.78 is 0. The third kappa shape index (κ3) is 1.31. The molecule has 0 bridgehead atoms. The zero-order chi connectivity index (χ0) is 9.69. The van der Waals surface area contributed by atoms with Gasteiger partial charge in [-0.05, 0) is 37.9 Å². The second-order valence-corrected chi connectivity index (χ2v) is 5.78. The molecule has 0 aromatic rings. The average Bonchev–Trinajstić information content (AvgIpc) is 2.19. The number of piperidine rings is 1. The van der Waals surface area contributed by atoms with Gasteiger partial charge in [-0.1, -0.05) is 13.8 Å². The van der Waals surface area contributed by atoms with Crippen LogP contribution in [0.4, 0.5) is 0 Å². The molecule has 0 spiro atoms. The van der Waals surface area contributed by atoms with Crippen LogP contribution in [0.2, 0.25) is 0 Å². The molecule has 0 saturated carbocycles. The Balaban J connectivity index is 2.24. The van der Waals surface area contributed by atoms with Crippen LogP contribution in [0.1, 0.15) is 20.3 Å². The molecule has 2 rings (SSSR count). The van der Waals surface area contributed by atoms with E-state index < -0.39 is 0 Å². The van der Waals surface area contributed by atoms with Crippen molar-refractivity contribution in [3.05, 3.63) is 0 Å². The fraction of sp³-hybridized carbons (Fsp3) is 1.00. The predicted molar refractivity (Wildman–Crippen MR) is 55.8 cm³/mol. The van der Waals surface area contributed by atoms with E-state index in [2.05, 4.69) is 37.7 Å². The van der Waals surface area contributed by atoms with E-state index >= 15 is 0 Å². The summed E-state index contributed by atoms with van der Waals surface area (Å²) in [4.78, 5) is 4.99. The largest absolute Gasteiger partial charge is 0.306 e. The van der Waals surface area contributed by atoms with Crippen LogP contribution in [0.15, 0.2) is 0 Å². The molecule has 2 saturated heterocycles. The summed E-state index contributed by atoms with van der Waals surface area (Å²) in [6.07, 6.45) is 1.37. The molecule has 2 atom stereocenters. The summed E-state index contributed by atoms with van der Waals surface area (Å²) in [5.41, 5.74) is 1.09. The van der Waals surface area contributed by atoms with E-state index in [0.717, 1.165) is 0 Å². The standard InChI is InChI=1S/C11H22N2/c1-10-5-6-12(3)8-11(10,2)9-13(4)7-10/h5-9H2,1-4H3/t10-,11+/m0/s1. The van der Waals surface area contributed by atoms with Gasteiger partial charge in [0.25, 0.3) is 0 Å². The van der Waals surface area contributed by atoms with E-state index in [1.54, 1.807) is 0 Å². The molecule has 0 radical (unpaired) electrons. The molecule has 0 unspecified atom stereocenters. The monoisotopic (exact) mass is 182 g/mol. The zero-order valence-electron chi connectivity index (χ0n) is 9.43. The van der Waals surface area contributed by atoms with Crippen LogP contribution in [0.25, 0.3) is 0 Å². The lowest BCUT2D eigenvalue weighted by Gasteiger charge is -2.47. The van der Waals surface area contributed by atoms with Gasteiger partial charge in [0.1, 0.15) is 0 Å². The summed E-state index contributed by atoms with van der Waals surface area (Å²) in [5, 5.41) is 0. The maximum atomic E-state index is 2.50. The number of nitrogens with zero attached hydrogens (tertiary/aromatic N) is 2. The highest BCUT2D eigenvalue weighted by Gasteiger charge is 2.52. The molecule has 0 N–H and O–H groups in total. The first-order valence-corrected chi connectivity index (χ1v) is 5.32. The summed E-state index contributed by atoms with van der Waals surface area (Å²) in [6, 6.07) is 0. The number of likely N-dealkylation sites (tertiary alicyclic amines) is 2. The first-order valence-electron chi connectivity index (χ1n) is 5.32. The Kier molecular flexibility index (Phi) is 1.97. The van der Waals surface area contributed by atoms with Gasteiger partial charge in [-0.3, -0.25) is 0 Å². The van der Waals surface area contributed by atoms with Crippen LogP contribution in [-0.2, 0) is 0 Å². The first kappa shape index (κ1) is 9.47. The first-order chi connectivity index (χ1) is 5.95. The highest BCUT2D eigenvalue weighted by atomic mass is 15.2. The van der Waals surface area contributed by atoms with Crippen molar-refractivity contribution in [1.82, 2.24) is 9.80 Å². The van der Waals surface area contributed by atoms with Crippen molar-refractivity contribution in [3.8, 4) is 0 Å². The van der Waals surface area contributed by atoms with Crippen molar-refractivity contribution in [2.75, 3.05) is 40.3 Å². The van der Waals surface area contributed by atoms with E-state index in [4.69, 9.17) is 0 Å². The molecule has 2 heteroatoms. The smallest absolute Gasteiger partial charge is 0.00505 e. The van der Waals surface area contributed by atoms with Crippen LogP contribution in [-0.4, -0.2) is 50.1 Å². The van der Waals surface area contributed by atoms with Crippen LogP contribution in [0, 0.1) is 10.8 Å². The quantitative estimate of drug-likeness (QED) is 0.557. The van der Waals surface area contributed by atoms with Crippen molar-refractivity contribution in [1.29, 1.82) is 0 Å². The number of rotatable bonds is 0. The Morgan fingerprint density at radius 2 is 1.38 bits per heavy atom. The van der Waals surface area contributed by atoms with Crippen molar-refractivity contribution in [3.63, 3.8) is 0 Å². The van der Waals surface area contributed by atoms with Crippen LogP contribution in [0.5, 0.6) is 0 Å². The van der Waals surface area contributed by atoms with E-state index in [-0.39, 0.29) is 0 Å². The third-order valence-corrected chi connectivity index (χ3v) is 4.36. The molecule has 2 aliphatic rings. The van der Waals surface area contributed by atoms with Gasteiger partial charge in [0.15, 0.2) is 0 Å². The van der Waals surface area contributed by atoms with Gasteiger partial charge in [-0.15, -0.1) is 0 Å². The minimum absolute atomic E-state index is 0.523. The molecule has 2 nitrogen and oxygen atoms in total. The van der Waals surface area contributed by atoms with E-state index in [1.165, 1.54) is 32.6 Å². The van der Waals surface area contributed by atoms with Crippen LogP contribution in [0.3, 0.4) is 0 Å². The molecule has 0 amide bonds. The van der Waals surface area contributed by atoms with Crippen molar-refractivity contribution in [2.24, 2.45) is 10.8 Å². The molecule has 0 aromatic carbocycles. The van der Waals surface area contributed by atoms with Crippen molar-refractivity contribution >= 4 is 0 Å². The van der Waals surface area contributed by atoms with Crippen LogP contribution >= 0.6 is 0 Å². The average molecular weight is 182 g/mol. The molecular formula is C11H22N2. The second kappa shape index (κ2) is 2.71. The van der Waals surface area contributed by atoms with Crippen molar-refractivity contribution in [2.45, 2.75) is 20.3 Å². The van der Waals surface area contributed by atoms with Gasteiger partial charge in [-0.2, -0.15) is 0 Å². The third-order valence-electron chi connectivity index (χ3n) is 4.36. The summed E-state index contributed by atoms with van der Waals surface area (Å²) in [7, 11) is 4.51. The van der Waals surface area contributed by atoms with E-state index in [1.807, 2.05) is 0 Å². The summed E-state index contributed by atoms with van der Waals surface area (Å²) >= 11 is 0. The zero-order valence-corrected chi connectivity index (χ0v) is 9.43. The van der Waals surface area contributed by atoms with Gasteiger partial charge in [-0.25, -0.2) is 0 Å². The maximum Gasteiger partial charge on any atom is 0.00505 e. The Labute approximate surface area is 81.9 Å². The molecule has 76 valence electrons. The summed E-state index contributed by atoms with van der Waals surface area (Å²) in [5.74, 6) is 0. The minimum Gasteiger partial charge on any atom is -0.306 e. The lowest BCUT2D eigenvalue weighted by molar-refractivity contribution is 0.0234. The topological polar surface area (TPSA) is 6.48 Å². The Morgan fingerprint density at radius 3 is 2.08 bits per heavy atom. The molecular weight excluding hydrogens is 160 g/mol. The van der Waals surface area contributed by atoms with Crippen LogP contribution < -0.4 is 0 Å². The highest BCUT2D eigenvalue weighted by molar-refractivity contribution is 5.05. The maximum absolute atomic E-state index is 2.50. The fourth-order valence-electron chi connectivity index (χ4n) is 3.36. The molecule has 2 fully saturated rings. The van der Waals surface area contributed by atoms with Gasteiger partial charge < -0.3 is 9.80 Å². The predicted octanol–water partition coefficient (Wildman–Crippen LogP) is 1.28. The number of fused-ring (bicyclic) bond motifs is 1. The molecule has 13 heavy (non-hydrogen) atoms. The molecule has 0 aromatic heterocycles. The highest BCUT2D eigenvalue weighted by Crippen LogP contribution is 2.50. The minimum atomic E-state index is 0.523. The second-order valence-electron chi connectivity index (χ2n) is 5.78. The van der Waals surface area contributed by atoms with E-state index in [9.17, 15) is 0 Å². The van der Waals surface area contributed by atoms with E-state index in [0.29, 0.717) is 10.8 Å².